The largest absolute Gasteiger partial charge is 0.347 e. The molecule has 0 radical (unpaired) electrons. The summed E-state index contributed by atoms with van der Waals surface area (Å²) in [5, 5.41) is 2.94. The number of carbonyl (C=O) groups is 1. The van der Waals surface area contributed by atoms with E-state index in [1.54, 1.807) is 11.3 Å². The number of hydrogen-bond acceptors (Lipinski definition) is 3. The van der Waals surface area contributed by atoms with Gasteiger partial charge in [0.2, 0.25) is 5.91 Å². The first-order valence-corrected chi connectivity index (χ1v) is 6.48. The Hall–Kier alpha value is -0.870. The molecule has 0 saturated carbocycles. The molecule has 0 spiro atoms. The SMILES string of the molecule is CCCC(N)C(=O)NC(C)c1ccc(C)s1. The van der Waals surface area contributed by atoms with Crippen LogP contribution in [0.15, 0.2) is 12.1 Å². The topological polar surface area (TPSA) is 55.1 Å². The monoisotopic (exact) mass is 240 g/mol. The molecule has 1 aromatic rings. The lowest BCUT2D eigenvalue weighted by Crippen LogP contribution is -2.41. The van der Waals surface area contributed by atoms with Crippen LogP contribution in [0.25, 0.3) is 0 Å². The number of thiophene rings is 1. The number of rotatable bonds is 5. The van der Waals surface area contributed by atoms with Gasteiger partial charge in [0.15, 0.2) is 0 Å². The van der Waals surface area contributed by atoms with Gasteiger partial charge in [-0.05, 0) is 32.4 Å². The molecule has 16 heavy (non-hydrogen) atoms. The molecule has 2 unspecified atom stereocenters. The molecule has 0 aliphatic rings. The smallest absolute Gasteiger partial charge is 0.237 e. The highest BCUT2D eigenvalue weighted by Crippen LogP contribution is 2.22. The van der Waals surface area contributed by atoms with E-state index < -0.39 is 0 Å². The van der Waals surface area contributed by atoms with Crippen LogP contribution >= 0.6 is 11.3 Å². The quantitative estimate of drug-likeness (QED) is 0.830. The Morgan fingerprint density at radius 2 is 2.25 bits per heavy atom. The molecule has 0 aliphatic carbocycles. The Bertz CT molecular complexity index is 349. The molecule has 0 saturated heterocycles. The van der Waals surface area contributed by atoms with Gasteiger partial charge in [-0.3, -0.25) is 4.79 Å². The Morgan fingerprint density at radius 1 is 1.56 bits per heavy atom. The summed E-state index contributed by atoms with van der Waals surface area (Å²) in [4.78, 5) is 14.1. The van der Waals surface area contributed by atoms with Crippen LogP contribution in [0.3, 0.4) is 0 Å². The molecule has 1 heterocycles. The van der Waals surface area contributed by atoms with Crippen molar-refractivity contribution in [1.82, 2.24) is 5.32 Å². The lowest BCUT2D eigenvalue weighted by atomic mass is 10.1. The average Bonchev–Trinajstić information content (AvgIpc) is 2.65. The lowest BCUT2D eigenvalue weighted by molar-refractivity contribution is -0.123. The molecule has 0 aromatic carbocycles. The van der Waals surface area contributed by atoms with E-state index in [-0.39, 0.29) is 18.0 Å². The zero-order valence-corrected chi connectivity index (χ0v) is 10.9. The first-order valence-electron chi connectivity index (χ1n) is 5.67. The van der Waals surface area contributed by atoms with Crippen LogP contribution in [0, 0.1) is 6.92 Å². The molecular formula is C12H20N2OS. The van der Waals surface area contributed by atoms with Crippen molar-refractivity contribution in [1.29, 1.82) is 0 Å². The fraction of sp³-hybridized carbons (Fsp3) is 0.583. The van der Waals surface area contributed by atoms with Crippen molar-refractivity contribution in [3.8, 4) is 0 Å². The number of amides is 1. The summed E-state index contributed by atoms with van der Waals surface area (Å²) in [6, 6.07) is 3.79. The van der Waals surface area contributed by atoms with Crippen molar-refractivity contribution in [2.45, 2.75) is 45.7 Å². The number of hydrogen-bond donors (Lipinski definition) is 2. The molecule has 3 N–H and O–H groups in total. The van der Waals surface area contributed by atoms with Crippen molar-refractivity contribution in [3.63, 3.8) is 0 Å². The van der Waals surface area contributed by atoms with Crippen molar-refractivity contribution in [2.24, 2.45) is 5.73 Å². The van der Waals surface area contributed by atoms with Crippen LogP contribution in [0.4, 0.5) is 0 Å². The molecule has 4 heteroatoms. The van der Waals surface area contributed by atoms with Crippen LogP contribution in [-0.2, 0) is 4.79 Å². The highest BCUT2D eigenvalue weighted by atomic mass is 32.1. The van der Waals surface area contributed by atoms with E-state index in [4.69, 9.17) is 5.73 Å². The van der Waals surface area contributed by atoms with Gasteiger partial charge in [-0.2, -0.15) is 0 Å². The summed E-state index contributed by atoms with van der Waals surface area (Å²) in [7, 11) is 0. The molecular weight excluding hydrogens is 220 g/mol. The molecule has 2 atom stereocenters. The summed E-state index contributed by atoms with van der Waals surface area (Å²) in [5.41, 5.74) is 5.75. The van der Waals surface area contributed by atoms with Gasteiger partial charge in [0, 0.05) is 9.75 Å². The van der Waals surface area contributed by atoms with E-state index >= 15 is 0 Å². The third-order valence-corrected chi connectivity index (χ3v) is 3.67. The van der Waals surface area contributed by atoms with Crippen LogP contribution in [-0.4, -0.2) is 11.9 Å². The van der Waals surface area contributed by atoms with Gasteiger partial charge in [0.05, 0.1) is 12.1 Å². The highest BCUT2D eigenvalue weighted by molar-refractivity contribution is 7.12. The summed E-state index contributed by atoms with van der Waals surface area (Å²) < 4.78 is 0. The van der Waals surface area contributed by atoms with Gasteiger partial charge in [-0.1, -0.05) is 13.3 Å². The van der Waals surface area contributed by atoms with Gasteiger partial charge in [-0.15, -0.1) is 11.3 Å². The van der Waals surface area contributed by atoms with Crippen LogP contribution in [0.1, 0.15) is 42.5 Å². The maximum Gasteiger partial charge on any atom is 0.237 e. The molecule has 1 amide bonds. The normalized spacial score (nSPS) is 14.5. The summed E-state index contributed by atoms with van der Waals surface area (Å²) >= 11 is 1.71. The van der Waals surface area contributed by atoms with Crippen molar-refractivity contribution in [2.75, 3.05) is 0 Å². The first-order chi connectivity index (χ1) is 7.54. The van der Waals surface area contributed by atoms with Gasteiger partial charge >= 0.3 is 0 Å². The fourth-order valence-corrected chi connectivity index (χ4v) is 2.40. The Labute approximate surface area is 101 Å². The Kier molecular flexibility index (Phi) is 4.96. The standard InChI is InChI=1S/C12H20N2OS/c1-4-5-10(13)12(15)14-9(3)11-7-6-8(2)16-11/h6-7,9-10H,4-5,13H2,1-3H3,(H,14,15). The second-order valence-corrected chi connectivity index (χ2v) is 5.39. The third-order valence-electron chi connectivity index (χ3n) is 2.48. The number of aryl methyl sites for hydroxylation is 1. The number of carbonyl (C=O) groups excluding carboxylic acids is 1. The minimum Gasteiger partial charge on any atom is -0.347 e. The molecule has 0 bridgehead atoms. The first kappa shape index (κ1) is 13.2. The third kappa shape index (κ3) is 3.61. The molecule has 0 fully saturated rings. The molecule has 0 aliphatic heterocycles. The Morgan fingerprint density at radius 3 is 2.75 bits per heavy atom. The average molecular weight is 240 g/mol. The number of nitrogens with one attached hydrogen (secondary N) is 1. The minimum absolute atomic E-state index is 0.0501. The zero-order valence-electron chi connectivity index (χ0n) is 10.1. The van der Waals surface area contributed by atoms with Crippen LogP contribution < -0.4 is 11.1 Å². The van der Waals surface area contributed by atoms with Crippen molar-refractivity contribution >= 4 is 17.2 Å². The van der Waals surface area contributed by atoms with E-state index in [1.165, 1.54) is 9.75 Å². The number of nitrogens with two attached hydrogens (primary N) is 1. The van der Waals surface area contributed by atoms with Gasteiger partial charge in [0.1, 0.15) is 0 Å². The second-order valence-electron chi connectivity index (χ2n) is 4.07. The molecule has 3 nitrogen and oxygen atoms in total. The maximum absolute atomic E-state index is 11.7. The van der Waals surface area contributed by atoms with E-state index in [2.05, 4.69) is 24.4 Å². The predicted molar refractivity (Wildman–Crippen MR) is 68.5 cm³/mol. The van der Waals surface area contributed by atoms with E-state index in [0.29, 0.717) is 0 Å². The summed E-state index contributed by atoms with van der Waals surface area (Å²) in [6.45, 7) is 6.08. The van der Waals surface area contributed by atoms with E-state index in [0.717, 1.165) is 12.8 Å². The van der Waals surface area contributed by atoms with Gasteiger partial charge in [-0.25, -0.2) is 0 Å². The molecule has 90 valence electrons. The highest BCUT2D eigenvalue weighted by Gasteiger charge is 2.16. The Balaban J connectivity index is 2.51. The van der Waals surface area contributed by atoms with Crippen molar-refractivity contribution < 1.29 is 4.79 Å². The predicted octanol–water partition coefficient (Wildman–Crippen LogP) is 2.36. The fourth-order valence-electron chi connectivity index (χ4n) is 1.52. The van der Waals surface area contributed by atoms with E-state index in [9.17, 15) is 4.79 Å². The zero-order chi connectivity index (χ0) is 12.1. The van der Waals surface area contributed by atoms with Crippen LogP contribution in [0.2, 0.25) is 0 Å². The molecule has 1 rings (SSSR count). The van der Waals surface area contributed by atoms with Gasteiger partial charge in [0.25, 0.3) is 0 Å². The van der Waals surface area contributed by atoms with Crippen molar-refractivity contribution in [3.05, 3.63) is 21.9 Å². The maximum atomic E-state index is 11.7. The second kappa shape index (κ2) is 6.01. The summed E-state index contributed by atoms with van der Waals surface area (Å²) in [5.74, 6) is -0.0552. The van der Waals surface area contributed by atoms with Crippen LogP contribution in [0.5, 0.6) is 0 Å². The summed E-state index contributed by atoms with van der Waals surface area (Å²) in [6.07, 6.45) is 1.67. The minimum atomic E-state index is -0.381. The van der Waals surface area contributed by atoms with E-state index in [1.807, 2.05) is 13.8 Å². The van der Waals surface area contributed by atoms with Gasteiger partial charge < -0.3 is 11.1 Å². The molecule has 1 aromatic heterocycles. The lowest BCUT2D eigenvalue weighted by Gasteiger charge is -2.16.